The number of fused-ring (bicyclic) bond motifs is 1. The van der Waals surface area contributed by atoms with Crippen molar-refractivity contribution in [3.8, 4) is 5.69 Å². The Morgan fingerprint density at radius 1 is 1.13 bits per heavy atom. The van der Waals surface area contributed by atoms with Gasteiger partial charge in [0.15, 0.2) is 0 Å². The van der Waals surface area contributed by atoms with Crippen molar-refractivity contribution >= 4 is 26.9 Å². The van der Waals surface area contributed by atoms with Gasteiger partial charge in [-0.2, -0.15) is 26.6 Å². The van der Waals surface area contributed by atoms with E-state index in [1.54, 1.807) is 31.2 Å². The van der Waals surface area contributed by atoms with E-state index < -0.39 is 27.6 Å². The Labute approximate surface area is 176 Å². The molecule has 1 heterocycles. The molecule has 12 heteroatoms. The Hall–Kier alpha value is -2.96. The Balaban J connectivity index is 2.07. The first-order valence-corrected chi connectivity index (χ1v) is 10.7. The first kappa shape index (κ1) is 22.7. The van der Waals surface area contributed by atoms with Crippen LogP contribution in [-0.4, -0.2) is 31.1 Å². The largest absolute Gasteiger partial charge is 0.416 e. The molecule has 0 bridgehead atoms. The van der Waals surface area contributed by atoms with E-state index in [4.69, 9.17) is 5.14 Å². The highest BCUT2D eigenvalue weighted by atomic mass is 32.2. The van der Waals surface area contributed by atoms with Gasteiger partial charge in [-0.1, -0.05) is 18.2 Å². The van der Waals surface area contributed by atoms with Gasteiger partial charge in [-0.15, -0.1) is 0 Å². The van der Waals surface area contributed by atoms with Gasteiger partial charge in [0, 0.05) is 18.5 Å². The Morgan fingerprint density at radius 3 is 2.48 bits per heavy atom. The van der Waals surface area contributed by atoms with Gasteiger partial charge < -0.3 is 5.32 Å². The van der Waals surface area contributed by atoms with Crippen molar-refractivity contribution in [2.45, 2.75) is 19.5 Å². The number of nitrogens with one attached hydrogen (secondary N) is 2. The number of hydrogen-bond acceptors (Lipinski definition) is 5. The maximum Gasteiger partial charge on any atom is 0.416 e. The molecule has 0 unspecified atom stereocenters. The summed E-state index contributed by atoms with van der Waals surface area (Å²) in [7, 11) is -3.82. The number of nitrogens with two attached hydrogens (primary N) is 1. The molecule has 0 aliphatic carbocycles. The van der Waals surface area contributed by atoms with Gasteiger partial charge in [0.2, 0.25) is 0 Å². The van der Waals surface area contributed by atoms with Crippen LogP contribution in [0.15, 0.2) is 47.3 Å². The molecule has 3 rings (SSSR count). The molecule has 8 nitrogen and oxygen atoms in total. The number of aromatic nitrogens is 2. The number of aryl methyl sites for hydroxylation is 1. The zero-order chi connectivity index (χ0) is 22.8. The summed E-state index contributed by atoms with van der Waals surface area (Å²) in [6.07, 6.45) is -4.28. The second kappa shape index (κ2) is 8.65. The van der Waals surface area contributed by atoms with E-state index in [1.165, 1.54) is 6.07 Å². The van der Waals surface area contributed by atoms with Gasteiger partial charge in [0.1, 0.15) is 5.82 Å². The third-order valence-electron chi connectivity index (χ3n) is 4.53. The minimum atomic E-state index is -4.59. The first-order chi connectivity index (χ1) is 14.5. The summed E-state index contributed by atoms with van der Waals surface area (Å²) in [5.74, 6) is 0.106. The molecule has 0 saturated heterocycles. The fourth-order valence-electron chi connectivity index (χ4n) is 3.09. The summed E-state index contributed by atoms with van der Waals surface area (Å²) < 4.78 is 65.0. The van der Waals surface area contributed by atoms with Crippen LogP contribution in [-0.2, 0) is 16.4 Å². The van der Waals surface area contributed by atoms with Crippen molar-refractivity contribution in [3.63, 3.8) is 0 Å². The summed E-state index contributed by atoms with van der Waals surface area (Å²) in [5, 5.41) is 8.05. The number of hydrogen-bond donors (Lipinski definition) is 3. The number of anilines is 1. The molecule has 0 saturated carbocycles. The number of nitrogens with zero attached hydrogens (tertiary/aromatic N) is 2. The van der Waals surface area contributed by atoms with Crippen LogP contribution in [0.25, 0.3) is 16.6 Å². The molecule has 4 N–H and O–H groups in total. The molecule has 2 aromatic carbocycles. The number of halogens is 3. The standard InChI is InChI=1S/C19H20F3N5O3S/c1-12-5-2-3-6-15(12)27-16-11-13(19(20,21)22)7-8-14(16)17(26-18(27)28)24-9-4-10-25-31(23,29)30/h2-3,5-8,11,25H,4,9-10H2,1H3,(H2,23,29,30)(H,24,26,28). The smallest absolute Gasteiger partial charge is 0.369 e. The van der Waals surface area contributed by atoms with Gasteiger partial charge in [0.25, 0.3) is 10.2 Å². The van der Waals surface area contributed by atoms with Crippen molar-refractivity contribution in [1.82, 2.24) is 14.3 Å². The lowest BCUT2D eigenvalue weighted by Gasteiger charge is -2.17. The van der Waals surface area contributed by atoms with Crippen molar-refractivity contribution in [1.29, 1.82) is 0 Å². The van der Waals surface area contributed by atoms with E-state index >= 15 is 0 Å². The minimum Gasteiger partial charge on any atom is -0.369 e. The van der Waals surface area contributed by atoms with Crippen molar-refractivity contribution in [2.24, 2.45) is 5.14 Å². The molecule has 0 amide bonds. The zero-order valence-corrected chi connectivity index (χ0v) is 17.2. The summed E-state index contributed by atoms with van der Waals surface area (Å²) >= 11 is 0. The minimum absolute atomic E-state index is 0.0439. The van der Waals surface area contributed by atoms with Crippen LogP contribution in [0, 0.1) is 6.92 Å². The van der Waals surface area contributed by atoms with Crippen LogP contribution in [0.2, 0.25) is 0 Å². The van der Waals surface area contributed by atoms with E-state index in [0.29, 0.717) is 23.1 Å². The molecular formula is C19H20F3N5O3S. The maximum absolute atomic E-state index is 13.3. The van der Waals surface area contributed by atoms with Crippen molar-refractivity contribution < 1.29 is 21.6 Å². The SMILES string of the molecule is Cc1ccccc1-n1c(=O)nc(NCCCNS(N)(=O)=O)c2ccc(C(F)(F)F)cc21. The average molecular weight is 455 g/mol. The molecule has 0 radical (unpaired) electrons. The molecule has 166 valence electrons. The van der Waals surface area contributed by atoms with E-state index in [9.17, 15) is 26.4 Å². The molecule has 3 aromatic rings. The van der Waals surface area contributed by atoms with E-state index in [0.717, 1.165) is 16.7 Å². The van der Waals surface area contributed by atoms with Crippen molar-refractivity contribution in [2.75, 3.05) is 18.4 Å². The van der Waals surface area contributed by atoms with Gasteiger partial charge in [-0.3, -0.25) is 4.57 Å². The number of alkyl halides is 3. The lowest BCUT2D eigenvalue weighted by molar-refractivity contribution is -0.137. The Morgan fingerprint density at radius 2 is 1.84 bits per heavy atom. The second-order valence-electron chi connectivity index (χ2n) is 6.81. The van der Waals surface area contributed by atoms with E-state index in [-0.39, 0.29) is 24.4 Å². The molecule has 0 spiro atoms. The summed E-state index contributed by atoms with van der Waals surface area (Å²) in [6.45, 7) is 1.99. The monoisotopic (exact) mass is 455 g/mol. The molecule has 0 aliphatic rings. The van der Waals surface area contributed by atoms with Gasteiger partial charge >= 0.3 is 11.9 Å². The predicted octanol–water partition coefficient (Wildman–Crippen LogP) is 2.31. The molecule has 0 aliphatic heterocycles. The van der Waals surface area contributed by atoms with Crippen molar-refractivity contribution in [3.05, 3.63) is 64.1 Å². The van der Waals surface area contributed by atoms with Gasteiger partial charge in [-0.05, 0) is 43.2 Å². The molecule has 31 heavy (non-hydrogen) atoms. The van der Waals surface area contributed by atoms with E-state index in [2.05, 4.69) is 15.0 Å². The molecular weight excluding hydrogens is 435 g/mol. The predicted molar refractivity (Wildman–Crippen MR) is 111 cm³/mol. The summed E-state index contributed by atoms with van der Waals surface area (Å²) in [6, 6.07) is 9.90. The fourth-order valence-corrected chi connectivity index (χ4v) is 3.52. The lowest BCUT2D eigenvalue weighted by atomic mass is 10.1. The summed E-state index contributed by atoms with van der Waals surface area (Å²) in [5.41, 5.74) is -0.468. The van der Waals surface area contributed by atoms with Gasteiger partial charge in [-0.25, -0.2) is 14.7 Å². The highest BCUT2D eigenvalue weighted by Crippen LogP contribution is 2.33. The Kier molecular flexibility index (Phi) is 6.34. The Bertz CT molecular complexity index is 1270. The lowest BCUT2D eigenvalue weighted by Crippen LogP contribution is -2.32. The third kappa shape index (κ3) is 5.40. The second-order valence-corrected chi connectivity index (χ2v) is 8.19. The van der Waals surface area contributed by atoms with E-state index in [1.807, 2.05) is 0 Å². The van der Waals surface area contributed by atoms with Crippen LogP contribution in [0.3, 0.4) is 0 Å². The summed E-state index contributed by atoms with van der Waals surface area (Å²) in [4.78, 5) is 16.8. The highest BCUT2D eigenvalue weighted by Gasteiger charge is 2.31. The normalized spacial score (nSPS) is 12.3. The number of rotatable bonds is 7. The first-order valence-electron chi connectivity index (χ1n) is 9.18. The maximum atomic E-state index is 13.3. The molecule has 0 fully saturated rings. The van der Waals surface area contributed by atoms with Crippen LogP contribution in [0.5, 0.6) is 0 Å². The number of para-hydroxylation sites is 1. The topological polar surface area (TPSA) is 119 Å². The van der Waals surface area contributed by atoms with Crippen LogP contribution >= 0.6 is 0 Å². The quantitative estimate of drug-likeness (QED) is 0.473. The molecule has 0 atom stereocenters. The fraction of sp³-hybridized carbons (Fsp3) is 0.263. The van der Waals surface area contributed by atoms with Crippen LogP contribution in [0.4, 0.5) is 19.0 Å². The average Bonchev–Trinajstić information content (AvgIpc) is 2.66. The van der Waals surface area contributed by atoms with Crippen LogP contribution < -0.4 is 20.9 Å². The highest BCUT2D eigenvalue weighted by molar-refractivity contribution is 7.87. The molecule has 1 aromatic heterocycles. The van der Waals surface area contributed by atoms with Gasteiger partial charge in [0.05, 0.1) is 16.8 Å². The number of benzene rings is 2. The van der Waals surface area contributed by atoms with Crippen LogP contribution in [0.1, 0.15) is 17.5 Å². The third-order valence-corrected chi connectivity index (χ3v) is 5.13. The zero-order valence-electron chi connectivity index (χ0n) is 16.4.